The minimum absolute atomic E-state index is 0.0581. The van der Waals surface area contributed by atoms with Gasteiger partial charge in [0.25, 0.3) is 0 Å². The van der Waals surface area contributed by atoms with Crippen molar-refractivity contribution in [1.82, 2.24) is 0 Å². The van der Waals surface area contributed by atoms with Gasteiger partial charge in [-0.15, -0.1) is 0 Å². The number of aliphatic hydroxyl groups excluding tert-OH is 1. The standard InChI is InChI=1S/C34H30O9/c35-28-29(42-32(37)25-17-9-3-10-18-25)27(22-39-31(36)24-15-7-2-8-16-24)41-34(40-21-23-13-5-1-6-14-23)30(28)43-33(38)26-19-11-4-12-20-26/h1-20,27-30,34-35H,21-22H2/t27-,28+,29-,30+,34+/m1/s1. The van der Waals surface area contributed by atoms with E-state index in [0.717, 1.165) is 5.56 Å². The number of carbonyl (C=O) groups excluding carboxylic acids is 3. The van der Waals surface area contributed by atoms with Crippen molar-refractivity contribution in [3.8, 4) is 0 Å². The molecule has 1 aliphatic heterocycles. The second-order valence-electron chi connectivity index (χ2n) is 9.77. The smallest absolute Gasteiger partial charge is 0.338 e. The van der Waals surface area contributed by atoms with E-state index in [1.807, 2.05) is 30.3 Å². The molecule has 0 spiro atoms. The fraction of sp³-hybridized carbons (Fsp3) is 0.206. The lowest BCUT2D eigenvalue weighted by atomic mass is 9.98. The molecule has 5 atom stereocenters. The molecule has 0 amide bonds. The summed E-state index contributed by atoms with van der Waals surface area (Å²) in [6.07, 6.45) is -6.85. The lowest BCUT2D eigenvalue weighted by Crippen LogP contribution is -2.61. The Morgan fingerprint density at radius 3 is 1.56 bits per heavy atom. The van der Waals surface area contributed by atoms with E-state index >= 15 is 0 Å². The van der Waals surface area contributed by atoms with Gasteiger partial charge in [-0.05, 0) is 42.0 Å². The van der Waals surface area contributed by atoms with E-state index in [4.69, 9.17) is 23.7 Å². The van der Waals surface area contributed by atoms with Gasteiger partial charge in [0.05, 0.1) is 23.3 Å². The van der Waals surface area contributed by atoms with Crippen molar-refractivity contribution >= 4 is 17.9 Å². The van der Waals surface area contributed by atoms with Gasteiger partial charge in [0, 0.05) is 0 Å². The Morgan fingerprint density at radius 2 is 1.05 bits per heavy atom. The number of rotatable bonds is 10. The molecule has 9 nitrogen and oxygen atoms in total. The molecular formula is C34H30O9. The van der Waals surface area contributed by atoms with E-state index in [1.54, 1.807) is 91.0 Å². The predicted molar refractivity (Wildman–Crippen MR) is 154 cm³/mol. The Labute approximate surface area is 248 Å². The number of aliphatic hydroxyl groups is 1. The summed E-state index contributed by atoms with van der Waals surface area (Å²) in [5.41, 5.74) is 1.59. The summed E-state index contributed by atoms with van der Waals surface area (Å²) in [6.45, 7) is -0.329. The average Bonchev–Trinajstić information content (AvgIpc) is 3.06. The van der Waals surface area contributed by atoms with E-state index < -0.39 is 48.6 Å². The van der Waals surface area contributed by atoms with Crippen LogP contribution >= 0.6 is 0 Å². The second kappa shape index (κ2) is 14.4. The van der Waals surface area contributed by atoms with Gasteiger partial charge in [-0.3, -0.25) is 0 Å². The van der Waals surface area contributed by atoms with Gasteiger partial charge >= 0.3 is 17.9 Å². The highest BCUT2D eigenvalue weighted by Crippen LogP contribution is 2.29. The topological polar surface area (TPSA) is 118 Å². The zero-order chi connectivity index (χ0) is 30.0. The van der Waals surface area contributed by atoms with Crippen LogP contribution in [0.5, 0.6) is 0 Å². The number of carbonyl (C=O) groups is 3. The maximum absolute atomic E-state index is 13.1. The van der Waals surface area contributed by atoms with Gasteiger partial charge in [-0.1, -0.05) is 84.9 Å². The summed E-state index contributed by atoms with van der Waals surface area (Å²) in [6, 6.07) is 34.0. The number of benzene rings is 4. The lowest BCUT2D eigenvalue weighted by Gasteiger charge is -2.43. The average molecular weight is 583 g/mol. The molecule has 1 saturated heterocycles. The largest absolute Gasteiger partial charge is 0.459 e. The van der Waals surface area contributed by atoms with Crippen LogP contribution in [0.3, 0.4) is 0 Å². The summed E-state index contributed by atoms with van der Waals surface area (Å²) in [7, 11) is 0. The maximum Gasteiger partial charge on any atom is 0.338 e. The molecule has 0 bridgehead atoms. The number of ether oxygens (including phenoxy) is 5. The molecule has 0 radical (unpaired) electrons. The maximum atomic E-state index is 13.1. The van der Waals surface area contributed by atoms with Crippen LogP contribution in [0.1, 0.15) is 36.6 Å². The summed E-state index contributed by atoms with van der Waals surface area (Å²) >= 11 is 0. The van der Waals surface area contributed by atoms with E-state index in [9.17, 15) is 19.5 Å². The molecule has 9 heteroatoms. The Hall–Kier alpha value is -4.83. The molecule has 4 aromatic carbocycles. The molecule has 5 rings (SSSR count). The van der Waals surface area contributed by atoms with Crippen molar-refractivity contribution in [1.29, 1.82) is 0 Å². The van der Waals surface area contributed by atoms with Gasteiger partial charge < -0.3 is 28.8 Å². The van der Waals surface area contributed by atoms with Gasteiger partial charge in [0.15, 0.2) is 18.5 Å². The van der Waals surface area contributed by atoms with Crippen LogP contribution in [0, 0.1) is 0 Å². The van der Waals surface area contributed by atoms with Crippen molar-refractivity contribution in [2.24, 2.45) is 0 Å². The van der Waals surface area contributed by atoms with Gasteiger partial charge in [0.1, 0.15) is 18.8 Å². The van der Waals surface area contributed by atoms with Crippen molar-refractivity contribution in [2.45, 2.75) is 37.3 Å². The Bertz CT molecular complexity index is 1480. The van der Waals surface area contributed by atoms with Crippen LogP contribution in [-0.2, 0) is 30.3 Å². The monoisotopic (exact) mass is 582 g/mol. The molecule has 1 aliphatic rings. The fourth-order valence-electron chi connectivity index (χ4n) is 4.53. The normalized spacial score (nSPS) is 21.4. The van der Waals surface area contributed by atoms with Crippen LogP contribution in [0.15, 0.2) is 121 Å². The van der Waals surface area contributed by atoms with Crippen molar-refractivity contribution in [2.75, 3.05) is 6.61 Å². The molecule has 220 valence electrons. The molecule has 1 N–H and O–H groups in total. The molecule has 0 aromatic heterocycles. The first-order valence-electron chi connectivity index (χ1n) is 13.7. The number of hydrogen-bond acceptors (Lipinski definition) is 9. The highest BCUT2D eigenvalue weighted by atomic mass is 16.7. The quantitative estimate of drug-likeness (QED) is 0.212. The fourth-order valence-corrected chi connectivity index (χ4v) is 4.53. The molecule has 0 saturated carbocycles. The second-order valence-corrected chi connectivity index (χ2v) is 9.77. The predicted octanol–water partition coefficient (Wildman–Crippen LogP) is 4.60. The Kier molecular flexibility index (Phi) is 9.91. The number of hydrogen-bond donors (Lipinski definition) is 1. The van der Waals surface area contributed by atoms with Crippen molar-refractivity contribution in [3.05, 3.63) is 144 Å². The van der Waals surface area contributed by atoms with Crippen LogP contribution in [0.4, 0.5) is 0 Å². The van der Waals surface area contributed by atoms with Crippen LogP contribution in [-0.4, -0.2) is 60.3 Å². The SMILES string of the molecule is O=C(OC[C@H]1O[C@H](OCc2ccccc2)[C@@H](OC(=O)c2ccccc2)[C@@H](O)[C@@H]1OC(=O)c1ccccc1)c1ccccc1. The number of esters is 3. The molecule has 43 heavy (non-hydrogen) atoms. The minimum Gasteiger partial charge on any atom is -0.459 e. The van der Waals surface area contributed by atoms with E-state index in [0.29, 0.717) is 5.56 Å². The third-order valence-corrected chi connectivity index (χ3v) is 6.77. The molecule has 1 heterocycles. The summed E-state index contributed by atoms with van der Waals surface area (Å²) in [4.78, 5) is 38.9. The van der Waals surface area contributed by atoms with E-state index in [2.05, 4.69) is 0 Å². The highest BCUT2D eigenvalue weighted by Gasteiger charge is 2.50. The first-order valence-corrected chi connectivity index (χ1v) is 13.7. The van der Waals surface area contributed by atoms with E-state index in [-0.39, 0.29) is 24.3 Å². The molecule has 0 aliphatic carbocycles. The van der Waals surface area contributed by atoms with E-state index in [1.165, 1.54) is 0 Å². The first kappa shape index (κ1) is 29.7. The van der Waals surface area contributed by atoms with Crippen molar-refractivity contribution < 1.29 is 43.2 Å². The Morgan fingerprint density at radius 1 is 0.605 bits per heavy atom. The van der Waals surface area contributed by atoms with Gasteiger partial charge in [-0.25, -0.2) is 14.4 Å². The minimum atomic E-state index is -1.60. The zero-order valence-corrected chi connectivity index (χ0v) is 23.1. The van der Waals surface area contributed by atoms with Crippen LogP contribution < -0.4 is 0 Å². The first-order chi connectivity index (χ1) is 21.0. The molecule has 1 fully saturated rings. The van der Waals surface area contributed by atoms with Crippen molar-refractivity contribution in [3.63, 3.8) is 0 Å². The molecular weight excluding hydrogens is 552 g/mol. The van der Waals surface area contributed by atoms with Gasteiger partial charge in [0.2, 0.25) is 0 Å². The molecule has 4 aromatic rings. The van der Waals surface area contributed by atoms with Crippen LogP contribution in [0.2, 0.25) is 0 Å². The zero-order valence-electron chi connectivity index (χ0n) is 23.1. The van der Waals surface area contributed by atoms with Gasteiger partial charge in [-0.2, -0.15) is 0 Å². The highest BCUT2D eigenvalue weighted by molar-refractivity contribution is 5.90. The third-order valence-electron chi connectivity index (χ3n) is 6.77. The Balaban J connectivity index is 1.41. The van der Waals surface area contributed by atoms with Crippen LogP contribution in [0.25, 0.3) is 0 Å². The lowest BCUT2D eigenvalue weighted by molar-refractivity contribution is -0.302. The summed E-state index contributed by atoms with van der Waals surface area (Å²) < 4.78 is 29.1. The molecule has 0 unspecified atom stereocenters. The summed E-state index contributed by atoms with van der Waals surface area (Å²) in [5.74, 6) is -2.11. The third kappa shape index (κ3) is 7.72. The summed E-state index contributed by atoms with van der Waals surface area (Å²) in [5, 5.41) is 11.6.